The van der Waals surface area contributed by atoms with Gasteiger partial charge in [-0.05, 0) is 54.8 Å². The van der Waals surface area contributed by atoms with E-state index in [9.17, 15) is 0 Å². The summed E-state index contributed by atoms with van der Waals surface area (Å²) in [6.45, 7) is 4.42. The Hall–Kier alpha value is -2.36. The first-order chi connectivity index (χ1) is 10.0. The van der Waals surface area contributed by atoms with Gasteiger partial charge in [-0.3, -0.25) is 0 Å². The van der Waals surface area contributed by atoms with Gasteiger partial charge in [-0.1, -0.05) is 6.07 Å². The van der Waals surface area contributed by atoms with Crippen molar-refractivity contribution in [3.05, 3.63) is 47.0 Å². The van der Waals surface area contributed by atoms with Crippen LogP contribution in [0.4, 0.5) is 5.69 Å². The van der Waals surface area contributed by atoms with Crippen LogP contribution in [0.15, 0.2) is 30.3 Å². The molecule has 0 saturated carbocycles. The predicted molar refractivity (Wildman–Crippen MR) is 84.2 cm³/mol. The van der Waals surface area contributed by atoms with Gasteiger partial charge in [0.15, 0.2) is 11.5 Å². The highest BCUT2D eigenvalue weighted by Crippen LogP contribution is 2.29. The molecule has 0 bridgehead atoms. The van der Waals surface area contributed by atoms with Gasteiger partial charge >= 0.3 is 0 Å². The number of nitrogens with two attached hydrogens (primary N) is 1. The van der Waals surface area contributed by atoms with Crippen molar-refractivity contribution in [1.29, 1.82) is 0 Å². The maximum absolute atomic E-state index is 5.88. The molecule has 0 atom stereocenters. The molecule has 4 heteroatoms. The molecule has 21 heavy (non-hydrogen) atoms. The topological polar surface area (TPSA) is 53.7 Å². The molecule has 2 rings (SSSR count). The Kier molecular flexibility index (Phi) is 4.58. The van der Waals surface area contributed by atoms with E-state index in [1.165, 1.54) is 0 Å². The van der Waals surface area contributed by atoms with Gasteiger partial charge in [-0.2, -0.15) is 0 Å². The zero-order chi connectivity index (χ0) is 15.4. The molecular formula is C17H21NO3. The third-order valence-corrected chi connectivity index (χ3v) is 3.41. The van der Waals surface area contributed by atoms with Crippen molar-refractivity contribution >= 4 is 5.69 Å². The first-order valence-corrected chi connectivity index (χ1v) is 6.75. The summed E-state index contributed by atoms with van der Waals surface area (Å²) in [7, 11) is 3.24. The predicted octanol–water partition coefficient (Wildman–Crippen LogP) is 3.48. The van der Waals surface area contributed by atoms with Crippen LogP contribution >= 0.6 is 0 Å². The summed E-state index contributed by atoms with van der Waals surface area (Å²) in [5, 5.41) is 0. The molecule has 0 radical (unpaired) electrons. The lowest BCUT2D eigenvalue weighted by Gasteiger charge is -2.13. The Morgan fingerprint density at radius 1 is 0.857 bits per heavy atom. The van der Waals surface area contributed by atoms with Crippen molar-refractivity contribution in [2.75, 3.05) is 20.0 Å². The maximum Gasteiger partial charge on any atom is 0.161 e. The molecule has 0 aliphatic carbocycles. The number of aryl methyl sites for hydroxylation is 2. The van der Waals surface area contributed by atoms with Gasteiger partial charge in [-0.25, -0.2) is 0 Å². The van der Waals surface area contributed by atoms with Crippen LogP contribution in [-0.2, 0) is 6.61 Å². The quantitative estimate of drug-likeness (QED) is 0.855. The number of rotatable bonds is 5. The standard InChI is InChI=1S/C17H21NO3/c1-11-8-16(12(2)7-14(11)18)21-10-13-5-6-15(19-3)17(9-13)20-4/h5-9H,10,18H2,1-4H3. The van der Waals surface area contributed by atoms with Crippen molar-refractivity contribution in [3.63, 3.8) is 0 Å². The number of ether oxygens (including phenoxy) is 3. The molecular weight excluding hydrogens is 266 g/mol. The number of benzene rings is 2. The van der Waals surface area contributed by atoms with E-state index in [0.717, 1.165) is 28.1 Å². The minimum Gasteiger partial charge on any atom is -0.493 e. The van der Waals surface area contributed by atoms with Gasteiger partial charge in [0.25, 0.3) is 0 Å². The van der Waals surface area contributed by atoms with E-state index < -0.39 is 0 Å². The van der Waals surface area contributed by atoms with Gasteiger partial charge in [0.1, 0.15) is 12.4 Å². The normalized spacial score (nSPS) is 10.3. The smallest absolute Gasteiger partial charge is 0.161 e. The Labute approximate surface area is 125 Å². The second-order valence-electron chi connectivity index (χ2n) is 4.95. The molecule has 0 fully saturated rings. The van der Waals surface area contributed by atoms with Crippen molar-refractivity contribution in [2.45, 2.75) is 20.5 Å². The molecule has 0 aromatic heterocycles. The van der Waals surface area contributed by atoms with E-state index in [2.05, 4.69) is 0 Å². The largest absolute Gasteiger partial charge is 0.493 e. The van der Waals surface area contributed by atoms with Crippen LogP contribution in [0, 0.1) is 13.8 Å². The monoisotopic (exact) mass is 287 g/mol. The Balaban J connectivity index is 2.15. The van der Waals surface area contributed by atoms with Gasteiger partial charge in [0.2, 0.25) is 0 Å². The highest BCUT2D eigenvalue weighted by molar-refractivity contribution is 5.53. The number of anilines is 1. The van der Waals surface area contributed by atoms with E-state index in [1.807, 2.05) is 44.2 Å². The second kappa shape index (κ2) is 6.39. The summed E-state index contributed by atoms with van der Waals surface area (Å²) >= 11 is 0. The zero-order valence-electron chi connectivity index (χ0n) is 12.9. The van der Waals surface area contributed by atoms with E-state index in [0.29, 0.717) is 18.1 Å². The van der Waals surface area contributed by atoms with Gasteiger partial charge in [0, 0.05) is 5.69 Å². The molecule has 2 N–H and O–H groups in total. The fraction of sp³-hybridized carbons (Fsp3) is 0.294. The van der Waals surface area contributed by atoms with Crippen LogP contribution in [0.1, 0.15) is 16.7 Å². The Morgan fingerprint density at radius 2 is 1.57 bits per heavy atom. The molecule has 0 saturated heterocycles. The number of hydrogen-bond acceptors (Lipinski definition) is 4. The van der Waals surface area contributed by atoms with E-state index >= 15 is 0 Å². The number of methoxy groups -OCH3 is 2. The summed E-state index contributed by atoms with van der Waals surface area (Å²) in [5.41, 5.74) is 9.72. The van der Waals surface area contributed by atoms with Crippen LogP contribution in [-0.4, -0.2) is 14.2 Å². The van der Waals surface area contributed by atoms with Gasteiger partial charge in [0.05, 0.1) is 14.2 Å². The van der Waals surface area contributed by atoms with Crippen LogP contribution in [0.5, 0.6) is 17.2 Å². The number of hydrogen-bond donors (Lipinski definition) is 1. The fourth-order valence-corrected chi connectivity index (χ4v) is 2.10. The molecule has 0 spiro atoms. The molecule has 112 valence electrons. The molecule has 0 amide bonds. The highest BCUT2D eigenvalue weighted by Gasteiger charge is 2.07. The zero-order valence-corrected chi connectivity index (χ0v) is 12.9. The second-order valence-corrected chi connectivity index (χ2v) is 4.95. The molecule has 0 heterocycles. The average Bonchev–Trinajstić information content (AvgIpc) is 2.49. The van der Waals surface area contributed by atoms with Crippen molar-refractivity contribution in [2.24, 2.45) is 0 Å². The minimum atomic E-state index is 0.463. The lowest BCUT2D eigenvalue weighted by atomic mass is 10.1. The minimum absolute atomic E-state index is 0.463. The lowest BCUT2D eigenvalue weighted by molar-refractivity contribution is 0.301. The van der Waals surface area contributed by atoms with Crippen LogP contribution in [0.3, 0.4) is 0 Å². The highest BCUT2D eigenvalue weighted by atomic mass is 16.5. The van der Waals surface area contributed by atoms with E-state index in [4.69, 9.17) is 19.9 Å². The molecule has 4 nitrogen and oxygen atoms in total. The van der Waals surface area contributed by atoms with Crippen molar-refractivity contribution < 1.29 is 14.2 Å². The first-order valence-electron chi connectivity index (χ1n) is 6.75. The van der Waals surface area contributed by atoms with E-state index in [1.54, 1.807) is 14.2 Å². The Bertz CT molecular complexity index is 638. The van der Waals surface area contributed by atoms with Crippen molar-refractivity contribution in [3.8, 4) is 17.2 Å². The third-order valence-electron chi connectivity index (χ3n) is 3.41. The van der Waals surface area contributed by atoms with Crippen LogP contribution in [0.25, 0.3) is 0 Å². The van der Waals surface area contributed by atoms with Crippen LogP contribution < -0.4 is 19.9 Å². The summed E-state index contributed by atoms with van der Waals surface area (Å²) < 4.78 is 16.4. The molecule has 2 aromatic carbocycles. The lowest BCUT2D eigenvalue weighted by Crippen LogP contribution is -2.00. The molecule has 0 aliphatic heterocycles. The van der Waals surface area contributed by atoms with Crippen LogP contribution in [0.2, 0.25) is 0 Å². The average molecular weight is 287 g/mol. The fourth-order valence-electron chi connectivity index (χ4n) is 2.10. The molecule has 0 aliphatic rings. The summed E-state index contributed by atoms with van der Waals surface area (Å²) in [4.78, 5) is 0. The SMILES string of the molecule is COc1ccc(COc2cc(C)c(N)cc2C)cc1OC. The summed E-state index contributed by atoms with van der Waals surface area (Å²) in [6.07, 6.45) is 0. The summed E-state index contributed by atoms with van der Waals surface area (Å²) in [6, 6.07) is 9.64. The maximum atomic E-state index is 5.88. The summed E-state index contributed by atoms with van der Waals surface area (Å²) in [5.74, 6) is 2.25. The third kappa shape index (κ3) is 3.40. The Morgan fingerprint density at radius 3 is 2.24 bits per heavy atom. The van der Waals surface area contributed by atoms with Gasteiger partial charge in [-0.15, -0.1) is 0 Å². The van der Waals surface area contributed by atoms with Gasteiger partial charge < -0.3 is 19.9 Å². The van der Waals surface area contributed by atoms with Crippen molar-refractivity contribution in [1.82, 2.24) is 0 Å². The molecule has 2 aromatic rings. The first kappa shape index (κ1) is 15.0. The van der Waals surface area contributed by atoms with E-state index in [-0.39, 0.29) is 0 Å². The molecule has 0 unspecified atom stereocenters. The number of nitrogen functional groups attached to an aromatic ring is 1.